The van der Waals surface area contributed by atoms with Gasteiger partial charge >= 0.3 is 0 Å². The van der Waals surface area contributed by atoms with Crippen molar-refractivity contribution in [2.24, 2.45) is 0 Å². The van der Waals surface area contributed by atoms with Gasteiger partial charge in [-0.25, -0.2) is 4.68 Å². The van der Waals surface area contributed by atoms with Crippen LogP contribution in [-0.4, -0.2) is 34.0 Å². The van der Waals surface area contributed by atoms with Gasteiger partial charge in [-0.3, -0.25) is 0 Å². The molecule has 1 rings (SSSR count). The van der Waals surface area contributed by atoms with Crippen molar-refractivity contribution in [2.45, 2.75) is 8.60 Å². The molecule has 0 N–H and O–H groups in total. The minimum atomic E-state index is 0.337. The van der Waals surface area contributed by atoms with Gasteiger partial charge in [0.2, 0.25) is 0 Å². The first kappa shape index (κ1) is 10.6. The Morgan fingerprint density at radius 3 is 2.67 bits per heavy atom. The van der Waals surface area contributed by atoms with Crippen molar-refractivity contribution in [1.82, 2.24) is 19.9 Å². The summed E-state index contributed by atoms with van der Waals surface area (Å²) >= 11 is 4.58. The van der Waals surface area contributed by atoms with Crippen LogP contribution in [0, 0.1) is 0 Å². The van der Waals surface area contributed by atoms with E-state index in [1.165, 1.54) is 0 Å². The van der Waals surface area contributed by atoms with Crippen LogP contribution in [0.3, 0.4) is 0 Å². The highest BCUT2D eigenvalue weighted by molar-refractivity contribution is 14.2. The van der Waals surface area contributed by atoms with E-state index in [0.717, 1.165) is 12.2 Å². The van der Waals surface area contributed by atoms with E-state index < -0.39 is 0 Å². The Labute approximate surface area is 99.0 Å². The van der Waals surface area contributed by atoms with Gasteiger partial charge in [0, 0.05) is 6.54 Å². The average molecular weight is 392 g/mol. The van der Waals surface area contributed by atoms with E-state index in [-0.39, 0.29) is 0 Å². The highest BCUT2D eigenvalue weighted by Crippen LogP contribution is 2.22. The predicted octanol–water partition coefficient (Wildman–Crippen LogP) is 1.67. The molecule has 0 saturated carbocycles. The molecule has 0 aromatic carbocycles. The van der Waals surface area contributed by atoms with Crippen molar-refractivity contribution in [3.05, 3.63) is 11.9 Å². The quantitative estimate of drug-likeness (QED) is 0.580. The second kappa shape index (κ2) is 4.70. The van der Waals surface area contributed by atoms with Gasteiger partial charge in [0.15, 0.2) is 2.06 Å². The maximum atomic E-state index is 4.04. The van der Waals surface area contributed by atoms with Crippen molar-refractivity contribution in [1.29, 1.82) is 0 Å². The Kier molecular flexibility index (Phi) is 4.17. The third-order valence-corrected chi connectivity index (χ3v) is 2.38. The number of hydrogen-bond acceptors (Lipinski definition) is 3. The number of rotatable bonds is 3. The fraction of sp³-hybridized carbons (Fsp3) is 0.667. The highest BCUT2D eigenvalue weighted by Gasteiger charge is 2.05. The first-order valence-electron chi connectivity index (χ1n) is 3.43. The van der Waals surface area contributed by atoms with E-state index in [4.69, 9.17) is 0 Å². The molecule has 0 spiro atoms. The molecule has 0 unspecified atom stereocenters. The number of alkyl halides is 2. The van der Waals surface area contributed by atoms with Gasteiger partial charge in [-0.15, -0.1) is 5.10 Å². The van der Waals surface area contributed by atoms with Crippen molar-refractivity contribution in [2.75, 3.05) is 14.1 Å². The van der Waals surface area contributed by atoms with Gasteiger partial charge in [0.05, 0.1) is 11.9 Å². The number of hydrogen-bond donors (Lipinski definition) is 0. The molecule has 0 atom stereocenters. The number of halogens is 2. The normalized spacial score (nSPS) is 11.5. The zero-order chi connectivity index (χ0) is 9.14. The van der Waals surface area contributed by atoms with Crippen molar-refractivity contribution < 1.29 is 0 Å². The van der Waals surface area contributed by atoms with Gasteiger partial charge < -0.3 is 4.90 Å². The van der Waals surface area contributed by atoms with Gasteiger partial charge in [0.25, 0.3) is 0 Å². The molecular weight excluding hydrogens is 382 g/mol. The maximum absolute atomic E-state index is 4.04. The summed E-state index contributed by atoms with van der Waals surface area (Å²) in [5, 5.41) is 8.03. The van der Waals surface area contributed by atoms with Crippen molar-refractivity contribution in [3.63, 3.8) is 0 Å². The second-order valence-electron chi connectivity index (χ2n) is 2.71. The zero-order valence-corrected chi connectivity index (χ0v) is 11.2. The second-order valence-corrected chi connectivity index (χ2v) is 7.45. The van der Waals surface area contributed by atoms with Gasteiger partial charge in [-0.05, 0) is 59.3 Å². The highest BCUT2D eigenvalue weighted by atomic mass is 127. The summed E-state index contributed by atoms with van der Waals surface area (Å²) in [6.07, 6.45) is 1.98. The summed E-state index contributed by atoms with van der Waals surface area (Å²) < 4.78 is 2.18. The van der Waals surface area contributed by atoms with E-state index in [1.54, 1.807) is 0 Å². The third kappa shape index (κ3) is 3.13. The SMILES string of the molecule is CN(C)Cc1cn(C(I)I)nn1. The minimum absolute atomic E-state index is 0.337. The molecule has 0 bridgehead atoms. The van der Waals surface area contributed by atoms with Crippen LogP contribution in [0.1, 0.15) is 7.75 Å². The maximum Gasteiger partial charge on any atom is 0.155 e. The molecule has 0 saturated heterocycles. The molecule has 1 aromatic rings. The first-order valence-corrected chi connectivity index (χ1v) is 5.92. The largest absolute Gasteiger partial charge is 0.303 e. The van der Waals surface area contributed by atoms with E-state index in [2.05, 4.69) is 60.4 Å². The van der Waals surface area contributed by atoms with Crippen LogP contribution in [-0.2, 0) is 6.54 Å². The molecule has 68 valence electrons. The lowest BCUT2D eigenvalue weighted by atomic mass is 10.4. The van der Waals surface area contributed by atoms with Crippen LogP contribution in [0.5, 0.6) is 0 Å². The molecule has 0 fully saturated rings. The fourth-order valence-electron chi connectivity index (χ4n) is 0.805. The summed E-state index contributed by atoms with van der Waals surface area (Å²) in [6.45, 7) is 0.847. The van der Waals surface area contributed by atoms with E-state index in [1.807, 2.05) is 25.0 Å². The lowest BCUT2D eigenvalue weighted by Gasteiger charge is -2.04. The zero-order valence-electron chi connectivity index (χ0n) is 6.91. The molecule has 0 amide bonds. The average Bonchev–Trinajstić information content (AvgIpc) is 2.34. The fourth-order valence-corrected chi connectivity index (χ4v) is 1.35. The molecule has 6 heteroatoms. The molecule has 1 heterocycles. The third-order valence-electron chi connectivity index (χ3n) is 1.24. The monoisotopic (exact) mass is 392 g/mol. The topological polar surface area (TPSA) is 34.0 Å². The summed E-state index contributed by atoms with van der Waals surface area (Å²) in [4.78, 5) is 2.07. The molecule has 1 aromatic heterocycles. The van der Waals surface area contributed by atoms with Gasteiger partial charge in [0.1, 0.15) is 0 Å². The summed E-state index contributed by atoms with van der Waals surface area (Å²) in [7, 11) is 4.04. The first-order chi connectivity index (χ1) is 5.59. The van der Waals surface area contributed by atoms with Crippen LogP contribution in [0.2, 0.25) is 0 Å². The van der Waals surface area contributed by atoms with Crippen LogP contribution in [0.25, 0.3) is 0 Å². The number of aromatic nitrogens is 3. The smallest absolute Gasteiger partial charge is 0.155 e. The Bertz CT molecular complexity index is 245. The van der Waals surface area contributed by atoms with E-state index in [9.17, 15) is 0 Å². The van der Waals surface area contributed by atoms with Crippen molar-refractivity contribution >= 4 is 45.2 Å². The predicted molar refractivity (Wildman–Crippen MR) is 64.5 cm³/mol. The summed E-state index contributed by atoms with van der Waals surface area (Å²) in [5.74, 6) is 0. The molecule has 0 aliphatic carbocycles. The molecule has 0 aliphatic heterocycles. The lowest BCUT2D eigenvalue weighted by Crippen LogP contribution is -2.10. The van der Waals surface area contributed by atoms with Crippen molar-refractivity contribution in [3.8, 4) is 0 Å². The molecular formula is C6H10I2N4. The van der Waals surface area contributed by atoms with Crippen LogP contribution < -0.4 is 0 Å². The Morgan fingerprint density at radius 2 is 2.25 bits per heavy atom. The minimum Gasteiger partial charge on any atom is -0.303 e. The summed E-state index contributed by atoms with van der Waals surface area (Å²) in [5.41, 5.74) is 1.01. The van der Waals surface area contributed by atoms with E-state index in [0.29, 0.717) is 2.06 Å². The molecule has 0 radical (unpaired) electrons. The van der Waals surface area contributed by atoms with Crippen LogP contribution >= 0.6 is 45.2 Å². The van der Waals surface area contributed by atoms with Crippen LogP contribution in [0.4, 0.5) is 0 Å². The van der Waals surface area contributed by atoms with Gasteiger partial charge in [-0.2, -0.15) is 0 Å². The van der Waals surface area contributed by atoms with Crippen LogP contribution in [0.15, 0.2) is 6.20 Å². The Morgan fingerprint density at radius 1 is 1.58 bits per heavy atom. The molecule has 4 nitrogen and oxygen atoms in total. The standard InChI is InChI=1S/C6H10I2N4/c1-11(2)3-5-4-12(6(7)8)10-9-5/h4,6H,3H2,1-2H3. The lowest BCUT2D eigenvalue weighted by molar-refractivity contribution is 0.396. The summed E-state index contributed by atoms with van der Waals surface area (Å²) in [6, 6.07) is 0. The molecule has 12 heavy (non-hydrogen) atoms. The Balaban J connectivity index is 2.64. The van der Waals surface area contributed by atoms with E-state index >= 15 is 0 Å². The Hall–Kier alpha value is 0.560. The molecule has 0 aliphatic rings. The van der Waals surface area contributed by atoms with Gasteiger partial charge in [-0.1, -0.05) is 5.21 Å². The number of nitrogens with zero attached hydrogens (tertiary/aromatic N) is 4.